The number of hydrogen-bond donors (Lipinski definition) is 1. The fourth-order valence-electron chi connectivity index (χ4n) is 4.33. The van der Waals surface area contributed by atoms with Crippen molar-refractivity contribution in [1.82, 2.24) is 24.5 Å². The van der Waals surface area contributed by atoms with Gasteiger partial charge in [-0.05, 0) is 39.0 Å². The van der Waals surface area contributed by atoms with E-state index in [4.69, 9.17) is 10.5 Å². The van der Waals surface area contributed by atoms with Crippen LogP contribution in [0.25, 0.3) is 16.9 Å². The van der Waals surface area contributed by atoms with Crippen molar-refractivity contribution < 1.29 is 13.5 Å². The zero-order valence-electron chi connectivity index (χ0n) is 18.6. The molecular weight excluding hydrogens is 426 g/mol. The Kier molecular flexibility index (Phi) is 5.11. The van der Waals surface area contributed by atoms with Crippen LogP contribution in [0, 0.1) is 6.92 Å². The Morgan fingerprint density at radius 1 is 1.21 bits per heavy atom. The van der Waals surface area contributed by atoms with Crippen molar-refractivity contribution in [2.75, 3.05) is 5.73 Å². The maximum atomic E-state index is 13.7. The second-order valence-corrected chi connectivity index (χ2v) is 8.21. The predicted octanol–water partition coefficient (Wildman–Crippen LogP) is 5.02. The van der Waals surface area contributed by atoms with Crippen LogP contribution < -0.4 is 10.5 Å². The monoisotopic (exact) mass is 450 g/mol. The van der Waals surface area contributed by atoms with Crippen molar-refractivity contribution in [3.63, 3.8) is 0 Å². The van der Waals surface area contributed by atoms with Crippen LogP contribution in [0.3, 0.4) is 0 Å². The number of halogens is 2. The molecule has 4 aromatic rings. The molecule has 1 unspecified atom stereocenters. The molecule has 9 heteroatoms. The maximum absolute atomic E-state index is 13.7. The number of alkyl halides is 2. The molecule has 1 aromatic carbocycles. The Balaban J connectivity index is 1.81. The van der Waals surface area contributed by atoms with E-state index in [0.29, 0.717) is 30.1 Å². The quantitative estimate of drug-likeness (QED) is 0.463. The molecule has 0 saturated heterocycles. The Bertz CT molecular complexity index is 1340. The number of nitrogen functional groups attached to an aromatic ring is 1. The number of benzene rings is 1. The molecule has 0 saturated carbocycles. The highest BCUT2D eigenvalue weighted by molar-refractivity contribution is 5.68. The van der Waals surface area contributed by atoms with Crippen molar-refractivity contribution in [1.29, 1.82) is 0 Å². The molecule has 2 N–H and O–H groups in total. The van der Waals surface area contributed by atoms with Gasteiger partial charge in [0.15, 0.2) is 11.6 Å². The van der Waals surface area contributed by atoms with Gasteiger partial charge in [-0.3, -0.25) is 4.68 Å². The standard InChI is InChI=1S/C24H24F2N6O/c1-4-31-22-15(12-29-31)8-17-10-19(23(25)26)30-32(17)20-6-5-13(2)7-18(20)14(3)33-21-9-16(22)11-28-24(21)27/h5-7,9-12,14,23H,4,8H2,1-3H3,(H2,27,28). The first-order chi connectivity index (χ1) is 15.9. The summed E-state index contributed by atoms with van der Waals surface area (Å²) >= 11 is 0. The lowest BCUT2D eigenvalue weighted by Crippen LogP contribution is -2.13. The molecule has 7 nitrogen and oxygen atoms in total. The third-order valence-corrected chi connectivity index (χ3v) is 5.92. The van der Waals surface area contributed by atoms with E-state index in [-0.39, 0.29) is 11.5 Å². The zero-order chi connectivity index (χ0) is 23.3. The van der Waals surface area contributed by atoms with Gasteiger partial charge in [-0.15, -0.1) is 0 Å². The normalized spacial score (nSPS) is 15.2. The number of aromatic nitrogens is 5. The summed E-state index contributed by atoms with van der Waals surface area (Å²) in [5.74, 6) is 0.734. The summed E-state index contributed by atoms with van der Waals surface area (Å²) in [4.78, 5) is 4.36. The van der Waals surface area contributed by atoms with Gasteiger partial charge in [0.05, 0.1) is 17.6 Å². The molecule has 0 aliphatic carbocycles. The van der Waals surface area contributed by atoms with Crippen LogP contribution >= 0.6 is 0 Å². The van der Waals surface area contributed by atoms with E-state index in [1.165, 1.54) is 6.07 Å². The van der Waals surface area contributed by atoms with E-state index in [1.807, 2.05) is 49.7 Å². The molecule has 4 heterocycles. The predicted molar refractivity (Wildman–Crippen MR) is 121 cm³/mol. The lowest BCUT2D eigenvalue weighted by molar-refractivity contribution is 0.145. The molecule has 0 fully saturated rings. The number of hydrogen-bond acceptors (Lipinski definition) is 5. The number of fused-ring (bicyclic) bond motifs is 7. The Morgan fingerprint density at radius 3 is 2.79 bits per heavy atom. The molecule has 0 spiro atoms. The van der Waals surface area contributed by atoms with Gasteiger partial charge in [0, 0.05) is 41.5 Å². The summed E-state index contributed by atoms with van der Waals surface area (Å²) < 4.78 is 37.1. The van der Waals surface area contributed by atoms with Crippen molar-refractivity contribution in [3.8, 4) is 22.7 Å². The molecular formula is C24H24F2N6O. The molecule has 2 bridgehead atoms. The van der Waals surface area contributed by atoms with Crippen molar-refractivity contribution in [2.45, 2.75) is 46.3 Å². The van der Waals surface area contributed by atoms with Crippen LogP contribution in [-0.2, 0) is 13.0 Å². The van der Waals surface area contributed by atoms with Gasteiger partial charge in [-0.25, -0.2) is 18.4 Å². The zero-order valence-corrected chi connectivity index (χ0v) is 18.6. The second-order valence-electron chi connectivity index (χ2n) is 8.21. The topological polar surface area (TPSA) is 83.8 Å². The third kappa shape index (κ3) is 3.63. The van der Waals surface area contributed by atoms with Crippen LogP contribution in [-0.4, -0.2) is 24.5 Å². The van der Waals surface area contributed by atoms with Crippen LogP contribution in [0.1, 0.15) is 54.5 Å². The lowest BCUT2D eigenvalue weighted by atomic mass is 10.0. The summed E-state index contributed by atoms with van der Waals surface area (Å²) in [6.07, 6.45) is 0.712. The fraction of sp³-hybridized carbons (Fsp3) is 0.292. The van der Waals surface area contributed by atoms with Gasteiger partial charge in [-0.2, -0.15) is 10.2 Å². The molecule has 5 rings (SSSR count). The number of nitrogens with zero attached hydrogens (tertiary/aromatic N) is 5. The van der Waals surface area contributed by atoms with Crippen LogP contribution in [0.15, 0.2) is 42.7 Å². The van der Waals surface area contributed by atoms with Gasteiger partial charge in [0.1, 0.15) is 11.8 Å². The molecule has 1 aliphatic heterocycles. The highest BCUT2D eigenvalue weighted by Crippen LogP contribution is 2.36. The molecule has 170 valence electrons. The average Bonchev–Trinajstić information content (AvgIpc) is 3.39. The molecule has 1 atom stereocenters. The Hall–Kier alpha value is -3.75. The highest BCUT2D eigenvalue weighted by atomic mass is 19.3. The highest BCUT2D eigenvalue weighted by Gasteiger charge is 2.25. The van der Waals surface area contributed by atoms with E-state index in [9.17, 15) is 8.78 Å². The SMILES string of the molecule is CCn1ncc2c1-c1cnc(N)c(c1)OC(C)c1cc(C)ccc1-n1nc(C(F)F)cc1C2. The first-order valence-corrected chi connectivity index (χ1v) is 10.8. The fourth-order valence-corrected chi connectivity index (χ4v) is 4.33. The van der Waals surface area contributed by atoms with Crippen molar-refractivity contribution in [3.05, 3.63) is 70.8 Å². The largest absolute Gasteiger partial charge is 0.482 e. The number of nitrogens with two attached hydrogens (primary N) is 1. The average molecular weight is 450 g/mol. The minimum Gasteiger partial charge on any atom is -0.482 e. The van der Waals surface area contributed by atoms with Crippen LogP contribution in [0.5, 0.6) is 5.75 Å². The van der Waals surface area contributed by atoms with Crippen molar-refractivity contribution in [2.24, 2.45) is 0 Å². The van der Waals surface area contributed by atoms with E-state index < -0.39 is 12.5 Å². The van der Waals surface area contributed by atoms with Gasteiger partial charge < -0.3 is 10.5 Å². The van der Waals surface area contributed by atoms with E-state index >= 15 is 0 Å². The summed E-state index contributed by atoms with van der Waals surface area (Å²) in [5, 5.41) is 8.79. The number of aryl methyl sites for hydroxylation is 2. The number of anilines is 1. The van der Waals surface area contributed by atoms with E-state index in [1.54, 1.807) is 17.1 Å². The Morgan fingerprint density at radius 2 is 2.03 bits per heavy atom. The van der Waals surface area contributed by atoms with Crippen molar-refractivity contribution >= 4 is 5.82 Å². The van der Waals surface area contributed by atoms with Gasteiger partial charge in [-0.1, -0.05) is 17.7 Å². The number of ether oxygens (including phenoxy) is 1. The van der Waals surface area contributed by atoms with Gasteiger partial charge in [0.25, 0.3) is 6.43 Å². The summed E-state index contributed by atoms with van der Waals surface area (Å²) in [6, 6.07) is 9.13. The smallest absolute Gasteiger partial charge is 0.282 e. The summed E-state index contributed by atoms with van der Waals surface area (Å²) in [5.41, 5.74) is 11.6. The minimum atomic E-state index is -2.68. The van der Waals surface area contributed by atoms with Crippen LogP contribution in [0.2, 0.25) is 0 Å². The molecule has 0 amide bonds. The van der Waals surface area contributed by atoms with Crippen LogP contribution in [0.4, 0.5) is 14.6 Å². The number of rotatable bonds is 2. The second kappa shape index (κ2) is 7.99. The first kappa shape index (κ1) is 21.1. The molecule has 0 radical (unpaired) electrons. The molecule has 33 heavy (non-hydrogen) atoms. The number of pyridine rings is 1. The first-order valence-electron chi connectivity index (χ1n) is 10.8. The third-order valence-electron chi connectivity index (χ3n) is 5.92. The van der Waals surface area contributed by atoms with E-state index in [0.717, 1.165) is 27.9 Å². The summed E-state index contributed by atoms with van der Waals surface area (Å²) in [7, 11) is 0. The Labute approximate surface area is 189 Å². The van der Waals surface area contributed by atoms with Gasteiger partial charge >= 0.3 is 0 Å². The molecule has 3 aromatic heterocycles. The maximum Gasteiger partial charge on any atom is 0.282 e. The molecule has 1 aliphatic rings. The van der Waals surface area contributed by atoms with Gasteiger partial charge in [0.2, 0.25) is 0 Å². The van der Waals surface area contributed by atoms with E-state index in [2.05, 4.69) is 15.2 Å². The summed E-state index contributed by atoms with van der Waals surface area (Å²) in [6.45, 7) is 6.50. The lowest BCUT2D eigenvalue weighted by Gasteiger charge is -2.22. The minimum absolute atomic E-state index is 0.268.